The summed E-state index contributed by atoms with van der Waals surface area (Å²) in [6, 6.07) is 1.24. The van der Waals surface area contributed by atoms with Crippen molar-refractivity contribution in [2.24, 2.45) is 11.7 Å². The van der Waals surface area contributed by atoms with Gasteiger partial charge in [-0.3, -0.25) is 0 Å². The Balaban J connectivity index is 1.71. The average Bonchev–Trinajstić information content (AvgIpc) is 2.12. The van der Waals surface area contributed by atoms with Gasteiger partial charge in [0.05, 0.1) is 13.2 Å². The van der Waals surface area contributed by atoms with E-state index in [-0.39, 0.29) is 0 Å². The third-order valence-electron chi connectivity index (χ3n) is 3.62. The van der Waals surface area contributed by atoms with Gasteiger partial charge in [-0.15, -0.1) is 0 Å². The fourth-order valence-corrected chi connectivity index (χ4v) is 2.49. The van der Waals surface area contributed by atoms with Crippen LogP contribution in [0.25, 0.3) is 0 Å². The lowest BCUT2D eigenvalue weighted by Gasteiger charge is -2.37. The van der Waals surface area contributed by atoms with E-state index >= 15 is 0 Å². The molecule has 0 bridgehead atoms. The fraction of sp³-hybridized carbons (Fsp3) is 1.00. The Morgan fingerprint density at radius 2 is 1.86 bits per heavy atom. The molecule has 2 rings (SSSR count). The molecule has 0 aromatic rings. The molecule has 1 aliphatic heterocycles. The van der Waals surface area contributed by atoms with Crippen LogP contribution in [0.4, 0.5) is 0 Å². The summed E-state index contributed by atoms with van der Waals surface area (Å²) in [4.78, 5) is 2.51. The van der Waals surface area contributed by atoms with Crippen LogP contribution in [0.2, 0.25) is 0 Å². The van der Waals surface area contributed by atoms with Crippen molar-refractivity contribution in [3.63, 3.8) is 0 Å². The maximum absolute atomic E-state index is 5.90. The first-order valence-corrected chi connectivity index (χ1v) is 5.79. The normalized spacial score (nSPS) is 34.5. The van der Waals surface area contributed by atoms with Crippen molar-refractivity contribution < 1.29 is 4.74 Å². The zero-order chi connectivity index (χ0) is 9.97. The monoisotopic (exact) mass is 198 g/mol. The van der Waals surface area contributed by atoms with Crippen molar-refractivity contribution in [2.75, 3.05) is 26.8 Å². The summed E-state index contributed by atoms with van der Waals surface area (Å²) in [7, 11) is 2.25. The van der Waals surface area contributed by atoms with Crippen LogP contribution in [-0.4, -0.2) is 43.8 Å². The molecule has 1 heterocycles. The summed E-state index contributed by atoms with van der Waals surface area (Å²) in [5.41, 5.74) is 5.90. The topological polar surface area (TPSA) is 38.5 Å². The summed E-state index contributed by atoms with van der Waals surface area (Å²) in [6.07, 6.45) is 4.98. The molecule has 1 saturated heterocycles. The van der Waals surface area contributed by atoms with E-state index < -0.39 is 0 Å². The minimum absolute atomic E-state index is 0.465. The van der Waals surface area contributed by atoms with E-state index in [1.165, 1.54) is 32.2 Å². The van der Waals surface area contributed by atoms with E-state index in [0.29, 0.717) is 6.04 Å². The molecule has 2 N–H and O–H groups in total. The average molecular weight is 198 g/mol. The Kier molecular flexibility index (Phi) is 3.42. The zero-order valence-electron chi connectivity index (χ0n) is 9.11. The first-order valence-electron chi connectivity index (χ1n) is 5.79. The van der Waals surface area contributed by atoms with Crippen molar-refractivity contribution in [1.82, 2.24) is 4.90 Å². The molecule has 0 radical (unpaired) electrons. The number of hydrogen-bond donors (Lipinski definition) is 1. The van der Waals surface area contributed by atoms with Gasteiger partial charge in [0.2, 0.25) is 0 Å². The standard InChI is InChI=1S/C11H22N2O/c1-13(6-9-7-14-8-9)11-4-2-10(12)3-5-11/h9-11H,2-8,12H2,1H3. The lowest BCUT2D eigenvalue weighted by Crippen LogP contribution is -2.44. The molecule has 1 saturated carbocycles. The van der Waals surface area contributed by atoms with Crippen LogP contribution in [0, 0.1) is 5.92 Å². The lowest BCUT2D eigenvalue weighted by atomic mass is 9.90. The molecule has 1 aliphatic carbocycles. The van der Waals surface area contributed by atoms with Crippen molar-refractivity contribution >= 4 is 0 Å². The molecule has 2 aliphatic rings. The van der Waals surface area contributed by atoms with Crippen LogP contribution in [0.5, 0.6) is 0 Å². The number of nitrogens with zero attached hydrogens (tertiary/aromatic N) is 1. The molecule has 0 unspecified atom stereocenters. The third kappa shape index (κ3) is 2.47. The molecule has 82 valence electrons. The van der Waals surface area contributed by atoms with Crippen LogP contribution in [0.1, 0.15) is 25.7 Å². The van der Waals surface area contributed by atoms with E-state index in [0.717, 1.165) is 25.2 Å². The maximum atomic E-state index is 5.90. The summed E-state index contributed by atoms with van der Waals surface area (Å²) in [6.45, 7) is 3.15. The van der Waals surface area contributed by atoms with Gasteiger partial charge in [0.15, 0.2) is 0 Å². The summed E-state index contributed by atoms with van der Waals surface area (Å²) in [5.74, 6) is 0.788. The first-order chi connectivity index (χ1) is 6.75. The van der Waals surface area contributed by atoms with Gasteiger partial charge in [0.25, 0.3) is 0 Å². The number of nitrogens with two attached hydrogens (primary N) is 1. The Morgan fingerprint density at radius 1 is 1.21 bits per heavy atom. The van der Waals surface area contributed by atoms with Crippen LogP contribution < -0.4 is 5.73 Å². The van der Waals surface area contributed by atoms with Gasteiger partial charge < -0.3 is 15.4 Å². The second-order valence-electron chi connectivity index (χ2n) is 4.91. The molecule has 0 aromatic carbocycles. The van der Waals surface area contributed by atoms with E-state index in [2.05, 4.69) is 11.9 Å². The molecule has 2 fully saturated rings. The largest absolute Gasteiger partial charge is 0.381 e. The summed E-state index contributed by atoms with van der Waals surface area (Å²) in [5, 5.41) is 0. The highest BCUT2D eigenvalue weighted by atomic mass is 16.5. The fourth-order valence-electron chi connectivity index (χ4n) is 2.49. The second-order valence-corrected chi connectivity index (χ2v) is 4.91. The number of hydrogen-bond acceptors (Lipinski definition) is 3. The highest BCUT2D eigenvalue weighted by Gasteiger charge is 2.26. The van der Waals surface area contributed by atoms with Crippen LogP contribution in [0.15, 0.2) is 0 Å². The van der Waals surface area contributed by atoms with E-state index in [1.54, 1.807) is 0 Å². The Bertz CT molecular complexity index is 174. The van der Waals surface area contributed by atoms with Gasteiger partial charge in [-0.05, 0) is 32.7 Å². The molecule has 3 nitrogen and oxygen atoms in total. The molecular weight excluding hydrogens is 176 g/mol. The third-order valence-corrected chi connectivity index (χ3v) is 3.62. The second kappa shape index (κ2) is 4.60. The highest BCUT2D eigenvalue weighted by Crippen LogP contribution is 2.22. The van der Waals surface area contributed by atoms with Gasteiger partial charge in [-0.25, -0.2) is 0 Å². The van der Waals surface area contributed by atoms with E-state index in [4.69, 9.17) is 10.5 Å². The predicted molar refractivity (Wildman–Crippen MR) is 57.2 cm³/mol. The van der Waals surface area contributed by atoms with Gasteiger partial charge in [0.1, 0.15) is 0 Å². The van der Waals surface area contributed by atoms with Crippen molar-refractivity contribution in [3.05, 3.63) is 0 Å². The van der Waals surface area contributed by atoms with E-state index in [9.17, 15) is 0 Å². The molecule has 0 aromatic heterocycles. The lowest BCUT2D eigenvalue weighted by molar-refractivity contribution is -0.0497. The first kappa shape index (κ1) is 10.4. The highest BCUT2D eigenvalue weighted by molar-refractivity contribution is 4.81. The van der Waals surface area contributed by atoms with Gasteiger partial charge in [0, 0.05) is 24.5 Å². The zero-order valence-corrected chi connectivity index (χ0v) is 9.11. The Labute approximate surface area is 86.6 Å². The number of ether oxygens (including phenoxy) is 1. The molecule has 14 heavy (non-hydrogen) atoms. The van der Waals surface area contributed by atoms with E-state index in [1.807, 2.05) is 0 Å². The van der Waals surface area contributed by atoms with Gasteiger partial charge >= 0.3 is 0 Å². The van der Waals surface area contributed by atoms with Gasteiger partial charge in [-0.1, -0.05) is 0 Å². The SMILES string of the molecule is CN(CC1COC1)C1CCC(N)CC1. The maximum Gasteiger partial charge on any atom is 0.0528 e. The molecule has 0 atom stereocenters. The predicted octanol–water partition coefficient (Wildman–Crippen LogP) is 0.834. The minimum Gasteiger partial charge on any atom is -0.381 e. The van der Waals surface area contributed by atoms with Crippen LogP contribution >= 0.6 is 0 Å². The molecule has 3 heteroatoms. The summed E-state index contributed by atoms with van der Waals surface area (Å²) >= 11 is 0. The van der Waals surface area contributed by atoms with Crippen LogP contribution in [0.3, 0.4) is 0 Å². The van der Waals surface area contributed by atoms with Crippen molar-refractivity contribution in [3.8, 4) is 0 Å². The van der Waals surface area contributed by atoms with Gasteiger partial charge in [-0.2, -0.15) is 0 Å². The number of rotatable bonds is 3. The molecule has 0 spiro atoms. The smallest absolute Gasteiger partial charge is 0.0528 e. The molecule has 0 amide bonds. The summed E-state index contributed by atoms with van der Waals surface area (Å²) < 4.78 is 5.19. The van der Waals surface area contributed by atoms with Crippen molar-refractivity contribution in [2.45, 2.75) is 37.8 Å². The molecular formula is C11H22N2O. The Hall–Kier alpha value is -0.120. The minimum atomic E-state index is 0.465. The van der Waals surface area contributed by atoms with Crippen molar-refractivity contribution in [1.29, 1.82) is 0 Å². The Morgan fingerprint density at radius 3 is 2.36 bits per heavy atom. The van der Waals surface area contributed by atoms with Crippen LogP contribution in [-0.2, 0) is 4.74 Å². The quantitative estimate of drug-likeness (QED) is 0.730.